The molecular weight excluding hydrogens is 475 g/mol. The number of rotatable bonds is 4. The van der Waals surface area contributed by atoms with E-state index >= 15 is 0 Å². The normalized spacial score (nSPS) is 10.9. The first-order valence-electron chi connectivity index (χ1n) is 8.11. The predicted octanol–water partition coefficient (Wildman–Crippen LogP) is 1.91. The molecule has 28 heavy (non-hydrogen) atoms. The van der Waals surface area contributed by atoms with Crippen molar-refractivity contribution in [1.82, 2.24) is 15.0 Å². The summed E-state index contributed by atoms with van der Waals surface area (Å²) in [6, 6.07) is 13.8. The van der Waals surface area contributed by atoms with Gasteiger partial charge in [-0.3, -0.25) is 14.6 Å². The van der Waals surface area contributed by atoms with Crippen LogP contribution < -0.4 is 16.7 Å². The first-order chi connectivity index (χ1) is 13.4. The van der Waals surface area contributed by atoms with E-state index < -0.39 is 23.0 Å². The average Bonchev–Trinajstić information content (AvgIpc) is 2.65. The summed E-state index contributed by atoms with van der Waals surface area (Å²) >= 11 is 2.08. The number of benzene rings is 2. The fourth-order valence-electron chi connectivity index (χ4n) is 2.54. The lowest BCUT2D eigenvalue weighted by Crippen LogP contribution is -2.32. The summed E-state index contributed by atoms with van der Waals surface area (Å²) in [5.74, 6) is -1.05. The Bertz CT molecular complexity index is 1200. The molecule has 0 aliphatic rings. The molecule has 0 radical (unpaired) electrons. The van der Waals surface area contributed by atoms with Crippen molar-refractivity contribution in [2.45, 2.75) is 6.92 Å². The van der Waals surface area contributed by atoms with E-state index in [0.29, 0.717) is 11.3 Å². The van der Waals surface area contributed by atoms with Gasteiger partial charge in [0.05, 0.1) is 11.9 Å². The number of nitrogens with zero attached hydrogens (tertiary/aromatic N) is 2. The number of carbonyl (C=O) groups excluding carboxylic acids is 1. The maximum Gasteiger partial charge on any atom is 0.335 e. The molecule has 3 aromatic rings. The van der Waals surface area contributed by atoms with E-state index in [2.05, 4.69) is 38.1 Å². The molecule has 0 aliphatic carbocycles. The van der Waals surface area contributed by atoms with Gasteiger partial charge in [-0.05, 0) is 59.3 Å². The highest BCUT2D eigenvalue weighted by Gasteiger charge is 2.15. The van der Waals surface area contributed by atoms with Gasteiger partial charge in [0.15, 0.2) is 0 Å². The third kappa shape index (κ3) is 4.03. The SMILES string of the molecule is Cc1ccccc1-n1c(O)c(C=NNC(=O)c2cccc(I)c2)c(=O)[nH]c1=O. The summed E-state index contributed by atoms with van der Waals surface area (Å²) in [6.45, 7) is 1.77. The minimum absolute atomic E-state index is 0.259. The fraction of sp³-hybridized carbons (Fsp3) is 0.0526. The average molecular weight is 490 g/mol. The largest absolute Gasteiger partial charge is 0.493 e. The minimum atomic E-state index is -0.820. The van der Waals surface area contributed by atoms with Gasteiger partial charge >= 0.3 is 5.69 Å². The summed E-state index contributed by atoms with van der Waals surface area (Å²) in [4.78, 5) is 38.5. The van der Waals surface area contributed by atoms with Gasteiger partial charge in [-0.1, -0.05) is 24.3 Å². The van der Waals surface area contributed by atoms with E-state index in [0.717, 1.165) is 19.9 Å². The number of aryl methyl sites for hydroxylation is 1. The van der Waals surface area contributed by atoms with Gasteiger partial charge in [0.2, 0.25) is 5.88 Å². The van der Waals surface area contributed by atoms with Crippen LogP contribution in [0.5, 0.6) is 5.88 Å². The number of amides is 1. The minimum Gasteiger partial charge on any atom is -0.493 e. The third-order valence-corrected chi connectivity index (χ3v) is 4.59. The van der Waals surface area contributed by atoms with Gasteiger partial charge in [0.25, 0.3) is 11.5 Å². The number of aromatic nitrogens is 2. The topological polar surface area (TPSA) is 117 Å². The molecule has 0 saturated carbocycles. The van der Waals surface area contributed by atoms with Gasteiger partial charge < -0.3 is 5.11 Å². The van der Waals surface area contributed by atoms with Crippen molar-refractivity contribution in [3.8, 4) is 11.6 Å². The molecule has 3 rings (SSSR count). The first kappa shape index (κ1) is 19.5. The Morgan fingerprint density at radius 3 is 2.68 bits per heavy atom. The van der Waals surface area contributed by atoms with Crippen molar-refractivity contribution in [3.63, 3.8) is 0 Å². The monoisotopic (exact) mass is 490 g/mol. The predicted molar refractivity (Wildman–Crippen MR) is 113 cm³/mol. The summed E-state index contributed by atoms with van der Waals surface area (Å²) in [7, 11) is 0. The van der Waals surface area contributed by atoms with Crippen molar-refractivity contribution in [2.24, 2.45) is 5.10 Å². The second kappa shape index (κ2) is 8.21. The lowest BCUT2D eigenvalue weighted by Gasteiger charge is -2.11. The molecule has 0 unspecified atom stereocenters. The number of H-pyrrole nitrogens is 1. The Labute approximate surface area is 172 Å². The van der Waals surface area contributed by atoms with E-state index in [1.165, 1.54) is 0 Å². The number of nitrogens with one attached hydrogen (secondary N) is 2. The molecule has 1 amide bonds. The number of hydrogen-bond acceptors (Lipinski definition) is 5. The molecule has 9 heteroatoms. The summed E-state index contributed by atoms with van der Waals surface area (Å²) in [5.41, 5.74) is 1.97. The maximum absolute atomic E-state index is 12.2. The lowest BCUT2D eigenvalue weighted by molar-refractivity contribution is 0.0955. The standard InChI is InChI=1S/C19H15IN4O4/c1-11-5-2-3-8-15(11)24-18(27)14(17(26)22-19(24)28)10-21-23-16(25)12-6-4-7-13(20)9-12/h2-10,27H,1H3,(H,23,25)(H,22,26,28). The van der Waals surface area contributed by atoms with Gasteiger partial charge in [0, 0.05) is 9.13 Å². The Kier molecular flexibility index (Phi) is 5.73. The Morgan fingerprint density at radius 2 is 1.96 bits per heavy atom. The van der Waals surface area contributed by atoms with Crippen molar-refractivity contribution in [1.29, 1.82) is 0 Å². The first-order valence-corrected chi connectivity index (χ1v) is 9.19. The quantitative estimate of drug-likeness (QED) is 0.294. The maximum atomic E-state index is 12.2. The molecule has 0 fully saturated rings. The van der Waals surface area contributed by atoms with Crippen LogP contribution in [0.15, 0.2) is 63.2 Å². The molecule has 3 N–H and O–H groups in total. The van der Waals surface area contributed by atoms with Crippen LogP contribution in [0, 0.1) is 10.5 Å². The van der Waals surface area contributed by atoms with Gasteiger partial charge in [0.1, 0.15) is 5.56 Å². The van der Waals surface area contributed by atoms with Crippen LogP contribution in [0.3, 0.4) is 0 Å². The van der Waals surface area contributed by atoms with E-state index in [1.807, 2.05) is 6.07 Å². The second-order valence-electron chi connectivity index (χ2n) is 5.83. The van der Waals surface area contributed by atoms with Gasteiger partial charge in [-0.15, -0.1) is 0 Å². The number of hydrogen-bond donors (Lipinski definition) is 3. The highest BCUT2D eigenvalue weighted by molar-refractivity contribution is 14.1. The number of halogens is 1. The van der Waals surface area contributed by atoms with Crippen molar-refractivity contribution in [2.75, 3.05) is 0 Å². The molecule has 1 aromatic heterocycles. The van der Waals surface area contributed by atoms with Crippen molar-refractivity contribution in [3.05, 3.63) is 89.6 Å². The van der Waals surface area contributed by atoms with Crippen LogP contribution in [-0.2, 0) is 0 Å². The zero-order valence-electron chi connectivity index (χ0n) is 14.6. The highest BCUT2D eigenvalue weighted by atomic mass is 127. The smallest absolute Gasteiger partial charge is 0.335 e. The van der Waals surface area contributed by atoms with Crippen LogP contribution >= 0.6 is 22.6 Å². The molecule has 142 valence electrons. The molecule has 0 bridgehead atoms. The summed E-state index contributed by atoms with van der Waals surface area (Å²) in [5, 5.41) is 14.2. The molecule has 0 saturated heterocycles. The van der Waals surface area contributed by atoms with Crippen molar-refractivity contribution >= 4 is 34.7 Å². The Balaban J connectivity index is 1.95. The zero-order chi connectivity index (χ0) is 20.3. The number of carbonyl (C=O) groups is 1. The van der Waals surface area contributed by atoms with Crippen LogP contribution in [0.25, 0.3) is 5.69 Å². The van der Waals surface area contributed by atoms with Crippen molar-refractivity contribution < 1.29 is 9.90 Å². The van der Waals surface area contributed by atoms with Gasteiger partial charge in [-0.2, -0.15) is 5.10 Å². The fourth-order valence-corrected chi connectivity index (χ4v) is 3.09. The second-order valence-corrected chi connectivity index (χ2v) is 7.07. The number of para-hydroxylation sites is 1. The highest BCUT2D eigenvalue weighted by Crippen LogP contribution is 2.18. The molecule has 2 aromatic carbocycles. The lowest BCUT2D eigenvalue weighted by atomic mass is 10.2. The molecule has 1 heterocycles. The van der Waals surface area contributed by atoms with E-state index in [4.69, 9.17) is 0 Å². The summed E-state index contributed by atoms with van der Waals surface area (Å²) < 4.78 is 1.85. The zero-order valence-corrected chi connectivity index (χ0v) is 16.8. The summed E-state index contributed by atoms with van der Waals surface area (Å²) in [6.07, 6.45) is 0.994. The van der Waals surface area contributed by atoms with E-state index in [-0.39, 0.29) is 5.56 Å². The molecule has 0 aliphatic heterocycles. The van der Waals surface area contributed by atoms with E-state index in [9.17, 15) is 19.5 Å². The number of aromatic hydroxyl groups is 1. The number of aromatic amines is 1. The van der Waals surface area contributed by atoms with Crippen LogP contribution in [-0.4, -0.2) is 26.8 Å². The Hall–Kier alpha value is -3.21. The van der Waals surface area contributed by atoms with Crippen LogP contribution in [0.2, 0.25) is 0 Å². The van der Waals surface area contributed by atoms with Crippen LogP contribution in [0.4, 0.5) is 0 Å². The molecule has 0 spiro atoms. The van der Waals surface area contributed by atoms with E-state index in [1.54, 1.807) is 49.4 Å². The molecular formula is C19H15IN4O4. The number of hydrazone groups is 1. The molecule has 8 nitrogen and oxygen atoms in total. The third-order valence-electron chi connectivity index (χ3n) is 3.92. The van der Waals surface area contributed by atoms with Gasteiger partial charge in [-0.25, -0.2) is 14.8 Å². The Morgan fingerprint density at radius 1 is 1.21 bits per heavy atom. The van der Waals surface area contributed by atoms with Crippen LogP contribution in [0.1, 0.15) is 21.5 Å². The molecule has 0 atom stereocenters.